The maximum Gasteiger partial charge on any atom is 0.142 e. The highest BCUT2D eigenvalue weighted by molar-refractivity contribution is 5.57. The Kier molecular flexibility index (Phi) is 3.18. The average molecular weight is 232 g/mol. The minimum absolute atomic E-state index is 0.294. The number of likely N-dealkylation sites (tertiary alicyclic amines) is 1. The summed E-state index contributed by atoms with van der Waals surface area (Å²) in [6.07, 6.45) is 4.37. The van der Waals surface area contributed by atoms with Crippen LogP contribution in [0.3, 0.4) is 0 Å². The fourth-order valence-electron chi connectivity index (χ4n) is 2.69. The second kappa shape index (κ2) is 4.96. The zero-order valence-electron chi connectivity index (χ0n) is 10.2. The molecular weight excluding hydrogens is 212 g/mol. The lowest BCUT2D eigenvalue weighted by molar-refractivity contribution is 0.122. The topological polar surface area (TPSA) is 24.5 Å². The highest BCUT2D eigenvalue weighted by Crippen LogP contribution is 2.28. The Morgan fingerprint density at radius 2 is 2.00 bits per heavy atom. The Balaban J connectivity index is 1.60. The molecule has 1 aromatic rings. The number of anilines is 1. The Morgan fingerprint density at radius 3 is 2.88 bits per heavy atom. The van der Waals surface area contributed by atoms with E-state index in [1.807, 2.05) is 18.2 Å². The maximum absolute atomic E-state index is 6.03. The summed E-state index contributed by atoms with van der Waals surface area (Å²) in [5.41, 5.74) is 1.13. The lowest BCUT2D eigenvalue weighted by Gasteiger charge is -2.33. The van der Waals surface area contributed by atoms with Crippen molar-refractivity contribution in [3.8, 4) is 5.75 Å². The molecule has 0 spiro atoms. The van der Waals surface area contributed by atoms with Gasteiger partial charge in [0.2, 0.25) is 0 Å². The van der Waals surface area contributed by atoms with Crippen LogP contribution in [0.4, 0.5) is 5.69 Å². The number of piperidine rings is 1. The molecule has 2 aliphatic heterocycles. The molecule has 1 unspecified atom stereocenters. The van der Waals surface area contributed by atoms with Crippen molar-refractivity contribution in [1.82, 2.24) is 4.90 Å². The van der Waals surface area contributed by atoms with E-state index >= 15 is 0 Å². The van der Waals surface area contributed by atoms with Crippen LogP contribution < -0.4 is 10.1 Å². The Hall–Kier alpha value is -1.22. The third-order valence-corrected chi connectivity index (χ3v) is 3.61. The number of nitrogens with one attached hydrogen (secondary N) is 1. The van der Waals surface area contributed by atoms with E-state index in [1.165, 1.54) is 32.4 Å². The lowest BCUT2D eigenvalue weighted by Crippen LogP contribution is -2.43. The van der Waals surface area contributed by atoms with Gasteiger partial charge in [-0.1, -0.05) is 18.6 Å². The fraction of sp³-hybridized carbons (Fsp3) is 0.571. The molecule has 1 atom stereocenters. The molecule has 0 aromatic heterocycles. The van der Waals surface area contributed by atoms with Gasteiger partial charge in [-0.3, -0.25) is 4.90 Å². The highest BCUT2D eigenvalue weighted by atomic mass is 16.5. The van der Waals surface area contributed by atoms with Gasteiger partial charge in [-0.15, -0.1) is 0 Å². The number of rotatable bonds is 2. The molecule has 1 N–H and O–H groups in total. The van der Waals surface area contributed by atoms with Gasteiger partial charge in [0.15, 0.2) is 0 Å². The van der Waals surface area contributed by atoms with Crippen molar-refractivity contribution in [3.05, 3.63) is 24.3 Å². The summed E-state index contributed by atoms with van der Waals surface area (Å²) in [7, 11) is 0. The van der Waals surface area contributed by atoms with Gasteiger partial charge in [0.05, 0.1) is 12.2 Å². The number of para-hydroxylation sites is 2. The molecule has 1 fully saturated rings. The van der Waals surface area contributed by atoms with Gasteiger partial charge >= 0.3 is 0 Å². The highest BCUT2D eigenvalue weighted by Gasteiger charge is 2.22. The molecule has 0 bridgehead atoms. The monoisotopic (exact) mass is 232 g/mol. The first-order chi connectivity index (χ1) is 8.42. The van der Waals surface area contributed by atoms with Crippen LogP contribution in [0, 0.1) is 0 Å². The van der Waals surface area contributed by atoms with Crippen molar-refractivity contribution in [1.29, 1.82) is 0 Å². The summed E-state index contributed by atoms with van der Waals surface area (Å²) >= 11 is 0. The van der Waals surface area contributed by atoms with Crippen LogP contribution >= 0.6 is 0 Å². The van der Waals surface area contributed by atoms with E-state index in [-0.39, 0.29) is 0 Å². The first-order valence-electron chi connectivity index (χ1n) is 6.64. The molecule has 3 rings (SSSR count). The molecule has 0 aliphatic carbocycles. The van der Waals surface area contributed by atoms with Crippen molar-refractivity contribution in [2.24, 2.45) is 0 Å². The van der Waals surface area contributed by atoms with Gasteiger partial charge in [0.1, 0.15) is 11.9 Å². The first-order valence-corrected chi connectivity index (χ1v) is 6.64. The third kappa shape index (κ3) is 2.55. The zero-order valence-corrected chi connectivity index (χ0v) is 10.2. The minimum Gasteiger partial charge on any atom is -0.485 e. The van der Waals surface area contributed by atoms with E-state index in [4.69, 9.17) is 4.74 Å². The van der Waals surface area contributed by atoms with Gasteiger partial charge in [-0.25, -0.2) is 0 Å². The summed E-state index contributed by atoms with van der Waals surface area (Å²) in [6, 6.07) is 8.20. The number of fused-ring (bicyclic) bond motifs is 1. The van der Waals surface area contributed by atoms with Crippen LogP contribution in [-0.2, 0) is 0 Å². The molecule has 0 saturated carbocycles. The van der Waals surface area contributed by atoms with Gasteiger partial charge in [-0.05, 0) is 38.1 Å². The number of hydrogen-bond donors (Lipinski definition) is 1. The molecule has 17 heavy (non-hydrogen) atoms. The van der Waals surface area contributed by atoms with E-state index in [9.17, 15) is 0 Å². The van der Waals surface area contributed by atoms with Crippen molar-refractivity contribution in [3.63, 3.8) is 0 Å². The van der Waals surface area contributed by atoms with Crippen LogP contribution in [-0.4, -0.2) is 37.2 Å². The van der Waals surface area contributed by atoms with E-state index in [1.54, 1.807) is 0 Å². The van der Waals surface area contributed by atoms with E-state index < -0.39 is 0 Å². The molecule has 1 saturated heterocycles. The molecule has 1 aromatic carbocycles. The first kappa shape index (κ1) is 10.9. The minimum atomic E-state index is 0.294. The summed E-state index contributed by atoms with van der Waals surface area (Å²) in [5, 5.41) is 3.45. The van der Waals surface area contributed by atoms with Crippen LogP contribution in [0.25, 0.3) is 0 Å². The van der Waals surface area contributed by atoms with Crippen LogP contribution in [0.1, 0.15) is 19.3 Å². The van der Waals surface area contributed by atoms with Crippen molar-refractivity contribution >= 4 is 5.69 Å². The van der Waals surface area contributed by atoms with Gasteiger partial charge in [0.25, 0.3) is 0 Å². The zero-order chi connectivity index (χ0) is 11.5. The van der Waals surface area contributed by atoms with Gasteiger partial charge in [-0.2, -0.15) is 0 Å². The Bertz CT molecular complexity index is 374. The predicted octanol–water partition coefficient (Wildman–Crippen LogP) is 2.35. The Morgan fingerprint density at radius 1 is 1.18 bits per heavy atom. The second-order valence-corrected chi connectivity index (χ2v) is 4.98. The Labute approximate surface area is 103 Å². The molecule has 2 heterocycles. The van der Waals surface area contributed by atoms with Gasteiger partial charge in [0, 0.05) is 6.54 Å². The quantitative estimate of drug-likeness (QED) is 0.847. The van der Waals surface area contributed by atoms with E-state index in [0.29, 0.717) is 6.10 Å². The maximum atomic E-state index is 6.03. The molecular formula is C14H20N2O. The number of hydrogen-bond acceptors (Lipinski definition) is 3. The molecule has 0 radical (unpaired) electrons. The standard InChI is InChI=1S/C14H20N2O/c1-4-8-16(9-5-1)11-12-10-15-13-6-2-3-7-14(13)17-12/h2-3,6-7,12,15H,1,4-5,8-11H2. The SMILES string of the molecule is c1ccc2c(c1)NCC(CN1CCCCC1)O2. The second-order valence-electron chi connectivity index (χ2n) is 4.98. The lowest BCUT2D eigenvalue weighted by atomic mass is 10.1. The van der Waals surface area contributed by atoms with E-state index in [0.717, 1.165) is 24.5 Å². The van der Waals surface area contributed by atoms with Crippen LogP contribution in [0.2, 0.25) is 0 Å². The smallest absolute Gasteiger partial charge is 0.142 e. The summed E-state index contributed by atoms with van der Waals surface area (Å²) in [6.45, 7) is 4.46. The molecule has 2 aliphatic rings. The summed E-state index contributed by atoms with van der Waals surface area (Å²) < 4.78 is 6.03. The van der Waals surface area contributed by atoms with Crippen LogP contribution in [0.5, 0.6) is 5.75 Å². The normalized spacial score (nSPS) is 24.6. The molecule has 0 amide bonds. The van der Waals surface area contributed by atoms with Crippen molar-refractivity contribution in [2.45, 2.75) is 25.4 Å². The van der Waals surface area contributed by atoms with Gasteiger partial charge < -0.3 is 10.1 Å². The largest absolute Gasteiger partial charge is 0.485 e. The third-order valence-electron chi connectivity index (χ3n) is 3.61. The molecule has 3 heteroatoms. The summed E-state index contributed by atoms with van der Waals surface area (Å²) in [4.78, 5) is 2.53. The number of ether oxygens (including phenoxy) is 1. The van der Waals surface area contributed by atoms with Crippen LogP contribution in [0.15, 0.2) is 24.3 Å². The molecule has 3 nitrogen and oxygen atoms in total. The average Bonchev–Trinajstić information content (AvgIpc) is 2.40. The van der Waals surface area contributed by atoms with Crippen molar-refractivity contribution in [2.75, 3.05) is 31.5 Å². The van der Waals surface area contributed by atoms with Crippen molar-refractivity contribution < 1.29 is 4.74 Å². The van der Waals surface area contributed by atoms with E-state index in [2.05, 4.69) is 16.3 Å². The number of nitrogens with zero attached hydrogens (tertiary/aromatic N) is 1. The molecule has 92 valence electrons. The fourth-order valence-corrected chi connectivity index (χ4v) is 2.69. The predicted molar refractivity (Wildman–Crippen MR) is 69.6 cm³/mol. The number of benzene rings is 1. The summed E-state index contributed by atoms with van der Waals surface area (Å²) in [5.74, 6) is 1.00.